The molecular weight excluding hydrogens is 311 g/mol. The quantitative estimate of drug-likeness (QED) is 0.927. The number of rotatable bonds is 3. The molecule has 2 aliphatic rings. The molecule has 1 heterocycles. The molecule has 1 amide bonds. The Labute approximate surface area is 132 Å². The zero-order valence-electron chi connectivity index (χ0n) is 12.5. The first-order chi connectivity index (χ1) is 10.9. The second-order valence-electron chi connectivity index (χ2n) is 5.92. The summed E-state index contributed by atoms with van der Waals surface area (Å²) in [5, 5.41) is 2.52. The minimum Gasteiger partial charge on any atom is -0.349 e. The molecule has 1 spiro atoms. The highest BCUT2D eigenvalue weighted by Crippen LogP contribution is 2.39. The van der Waals surface area contributed by atoms with Crippen LogP contribution in [-0.2, 0) is 15.7 Å². The number of amides is 1. The predicted octanol–water partition coefficient (Wildman–Crippen LogP) is 3.12. The maximum atomic E-state index is 12.9. The van der Waals surface area contributed by atoms with Crippen LogP contribution in [0.4, 0.5) is 13.2 Å². The fourth-order valence-electron chi connectivity index (χ4n) is 3.12. The zero-order valence-corrected chi connectivity index (χ0v) is 12.5. The van der Waals surface area contributed by atoms with Crippen molar-refractivity contribution in [1.82, 2.24) is 5.32 Å². The van der Waals surface area contributed by atoms with Gasteiger partial charge in [0.05, 0.1) is 17.7 Å². The minimum atomic E-state index is -4.56. The number of hydrogen-bond acceptors (Lipinski definition) is 3. The lowest BCUT2D eigenvalue weighted by atomic mass is 10.1. The molecule has 126 valence electrons. The van der Waals surface area contributed by atoms with Gasteiger partial charge in [0.1, 0.15) is 6.10 Å². The summed E-state index contributed by atoms with van der Waals surface area (Å²) in [5.41, 5.74) is -1.32. The fraction of sp³-hybridized carbons (Fsp3) is 0.562. The molecule has 0 unspecified atom stereocenters. The van der Waals surface area contributed by atoms with E-state index in [1.54, 1.807) is 0 Å². The van der Waals surface area contributed by atoms with Gasteiger partial charge in [0.25, 0.3) is 5.91 Å². The zero-order chi connectivity index (χ0) is 16.5. The first-order valence-corrected chi connectivity index (χ1v) is 7.66. The summed E-state index contributed by atoms with van der Waals surface area (Å²) in [6, 6.07) is 4.74. The van der Waals surface area contributed by atoms with E-state index in [2.05, 4.69) is 5.32 Å². The molecule has 3 rings (SSSR count). The summed E-state index contributed by atoms with van der Waals surface area (Å²) >= 11 is 0. The van der Waals surface area contributed by atoms with Gasteiger partial charge >= 0.3 is 6.18 Å². The van der Waals surface area contributed by atoms with E-state index < -0.39 is 23.4 Å². The van der Waals surface area contributed by atoms with Crippen LogP contribution in [0.3, 0.4) is 0 Å². The Morgan fingerprint density at radius 3 is 2.65 bits per heavy atom. The Morgan fingerprint density at radius 1 is 1.26 bits per heavy atom. The smallest absolute Gasteiger partial charge is 0.349 e. The van der Waals surface area contributed by atoms with Crippen molar-refractivity contribution in [3.8, 4) is 0 Å². The Kier molecular flexibility index (Phi) is 4.33. The van der Waals surface area contributed by atoms with E-state index in [-0.39, 0.29) is 18.2 Å². The molecule has 1 aromatic rings. The van der Waals surface area contributed by atoms with Gasteiger partial charge in [-0.2, -0.15) is 13.2 Å². The Bertz CT molecular complexity index is 582. The number of nitrogens with one attached hydrogen (secondary N) is 1. The topological polar surface area (TPSA) is 47.6 Å². The lowest BCUT2D eigenvalue weighted by Gasteiger charge is -2.22. The van der Waals surface area contributed by atoms with E-state index in [1.807, 2.05) is 0 Å². The average Bonchev–Trinajstić information content (AvgIpc) is 3.14. The van der Waals surface area contributed by atoms with Gasteiger partial charge in [-0.05, 0) is 25.0 Å². The molecule has 1 N–H and O–H groups in total. The second-order valence-corrected chi connectivity index (χ2v) is 5.92. The molecule has 1 saturated carbocycles. The van der Waals surface area contributed by atoms with E-state index in [1.165, 1.54) is 18.2 Å². The molecule has 1 aliphatic carbocycles. The van der Waals surface area contributed by atoms with Gasteiger partial charge in [0.15, 0.2) is 5.79 Å². The SMILES string of the molecule is O=C(NC[C@H]1COC2(CCCC2)O1)c1ccccc1C(F)(F)F. The van der Waals surface area contributed by atoms with E-state index in [0.29, 0.717) is 6.61 Å². The number of hydrogen-bond donors (Lipinski definition) is 1. The Morgan fingerprint density at radius 2 is 1.96 bits per heavy atom. The molecule has 1 aromatic carbocycles. The third-order valence-electron chi connectivity index (χ3n) is 4.25. The molecule has 0 bridgehead atoms. The summed E-state index contributed by atoms with van der Waals surface area (Å²) in [4.78, 5) is 12.1. The van der Waals surface area contributed by atoms with E-state index >= 15 is 0 Å². The van der Waals surface area contributed by atoms with Crippen LogP contribution in [0, 0.1) is 0 Å². The van der Waals surface area contributed by atoms with Crippen LogP contribution in [0.15, 0.2) is 24.3 Å². The molecule has 23 heavy (non-hydrogen) atoms. The van der Waals surface area contributed by atoms with Crippen molar-refractivity contribution in [1.29, 1.82) is 0 Å². The Balaban J connectivity index is 1.60. The van der Waals surface area contributed by atoms with Crippen LogP contribution in [0.1, 0.15) is 41.6 Å². The largest absolute Gasteiger partial charge is 0.417 e. The van der Waals surface area contributed by atoms with Crippen molar-refractivity contribution in [3.05, 3.63) is 35.4 Å². The molecule has 7 heteroatoms. The van der Waals surface area contributed by atoms with Crippen molar-refractivity contribution >= 4 is 5.91 Å². The molecule has 1 atom stereocenters. The maximum Gasteiger partial charge on any atom is 0.417 e. The highest BCUT2D eigenvalue weighted by molar-refractivity contribution is 5.95. The van der Waals surface area contributed by atoms with Gasteiger partial charge in [-0.3, -0.25) is 4.79 Å². The molecule has 0 aromatic heterocycles. The van der Waals surface area contributed by atoms with E-state index in [0.717, 1.165) is 31.7 Å². The van der Waals surface area contributed by atoms with Crippen molar-refractivity contribution in [3.63, 3.8) is 0 Å². The number of ether oxygens (including phenoxy) is 2. The van der Waals surface area contributed by atoms with Gasteiger partial charge in [-0.1, -0.05) is 12.1 Å². The van der Waals surface area contributed by atoms with Gasteiger partial charge in [0, 0.05) is 19.4 Å². The predicted molar refractivity (Wildman–Crippen MR) is 75.8 cm³/mol. The first kappa shape index (κ1) is 16.3. The van der Waals surface area contributed by atoms with Crippen LogP contribution in [-0.4, -0.2) is 30.9 Å². The first-order valence-electron chi connectivity index (χ1n) is 7.66. The van der Waals surface area contributed by atoms with E-state index in [9.17, 15) is 18.0 Å². The lowest BCUT2D eigenvalue weighted by Crippen LogP contribution is -2.35. The van der Waals surface area contributed by atoms with Crippen molar-refractivity contribution in [2.24, 2.45) is 0 Å². The standard InChI is InChI=1S/C16H18F3NO3/c17-16(18,19)13-6-2-1-5-12(13)14(21)20-9-11-10-22-15(23-11)7-3-4-8-15/h1-2,5-6,11H,3-4,7-10H2,(H,20,21)/t11-/m0/s1. The second kappa shape index (κ2) is 6.13. The average molecular weight is 329 g/mol. The van der Waals surface area contributed by atoms with Crippen molar-refractivity contribution in [2.75, 3.05) is 13.2 Å². The van der Waals surface area contributed by atoms with Gasteiger partial charge in [-0.25, -0.2) is 0 Å². The number of halogens is 3. The van der Waals surface area contributed by atoms with Crippen LogP contribution < -0.4 is 5.32 Å². The summed E-state index contributed by atoms with van der Waals surface area (Å²) < 4.78 is 50.3. The molecular formula is C16H18F3NO3. The number of alkyl halides is 3. The van der Waals surface area contributed by atoms with Crippen LogP contribution in [0.5, 0.6) is 0 Å². The Hall–Kier alpha value is -1.60. The van der Waals surface area contributed by atoms with Crippen LogP contribution in [0.25, 0.3) is 0 Å². The number of carbonyl (C=O) groups excluding carboxylic acids is 1. The van der Waals surface area contributed by atoms with Crippen molar-refractivity contribution in [2.45, 2.75) is 43.8 Å². The maximum absolute atomic E-state index is 12.9. The van der Waals surface area contributed by atoms with Gasteiger partial charge in [0.2, 0.25) is 0 Å². The van der Waals surface area contributed by atoms with E-state index in [4.69, 9.17) is 9.47 Å². The van der Waals surface area contributed by atoms with Crippen LogP contribution >= 0.6 is 0 Å². The van der Waals surface area contributed by atoms with Crippen LogP contribution in [0.2, 0.25) is 0 Å². The van der Waals surface area contributed by atoms with Gasteiger partial charge < -0.3 is 14.8 Å². The lowest BCUT2D eigenvalue weighted by molar-refractivity contribution is -0.161. The molecule has 0 radical (unpaired) electrons. The third kappa shape index (κ3) is 3.50. The number of benzene rings is 1. The highest BCUT2D eigenvalue weighted by Gasteiger charge is 2.43. The summed E-state index contributed by atoms with van der Waals surface area (Å²) in [6.45, 7) is 0.480. The fourth-order valence-corrected chi connectivity index (χ4v) is 3.12. The monoisotopic (exact) mass is 329 g/mol. The summed E-state index contributed by atoms with van der Waals surface area (Å²) in [7, 11) is 0. The molecule has 2 fully saturated rings. The van der Waals surface area contributed by atoms with Gasteiger partial charge in [-0.15, -0.1) is 0 Å². The highest BCUT2D eigenvalue weighted by atomic mass is 19.4. The molecule has 1 aliphatic heterocycles. The minimum absolute atomic E-state index is 0.132. The third-order valence-corrected chi connectivity index (χ3v) is 4.25. The van der Waals surface area contributed by atoms with Crippen molar-refractivity contribution < 1.29 is 27.4 Å². The summed E-state index contributed by atoms with van der Waals surface area (Å²) in [5.74, 6) is -1.30. The molecule has 4 nitrogen and oxygen atoms in total. The summed E-state index contributed by atoms with van der Waals surface area (Å²) in [6.07, 6.45) is -1.15. The molecule has 1 saturated heterocycles. The normalized spacial score (nSPS) is 23.3. The number of carbonyl (C=O) groups is 1.